The van der Waals surface area contributed by atoms with Gasteiger partial charge in [0.05, 0.1) is 33.7 Å². The molecule has 0 aliphatic rings. The zero-order valence-electron chi connectivity index (χ0n) is 13.6. The van der Waals surface area contributed by atoms with Crippen LogP contribution in [-0.2, 0) is 0 Å². The van der Waals surface area contributed by atoms with Gasteiger partial charge in [-0.1, -0.05) is 29.8 Å². The summed E-state index contributed by atoms with van der Waals surface area (Å²) in [4.78, 5) is 27.3. The molecular weight excluding hydrogens is 372 g/mol. The van der Waals surface area contributed by atoms with E-state index in [1.807, 2.05) is 6.07 Å². The monoisotopic (exact) mass is 382 g/mol. The van der Waals surface area contributed by atoms with Gasteiger partial charge in [0.15, 0.2) is 0 Å². The third-order valence-electron chi connectivity index (χ3n) is 3.84. The van der Waals surface area contributed by atoms with E-state index in [1.54, 1.807) is 42.6 Å². The number of nitrogens with zero attached hydrogens (tertiary/aromatic N) is 5. The van der Waals surface area contributed by atoms with Crippen LogP contribution in [0.3, 0.4) is 0 Å². The number of aromatic nitrogens is 4. The van der Waals surface area contributed by atoms with Gasteiger partial charge in [0.2, 0.25) is 5.82 Å². The lowest BCUT2D eigenvalue weighted by Gasteiger charge is -2.06. The molecule has 9 nitrogen and oxygen atoms in total. The van der Waals surface area contributed by atoms with Gasteiger partial charge < -0.3 is 5.32 Å². The minimum absolute atomic E-state index is 0.157. The molecule has 0 saturated heterocycles. The molecule has 0 spiro atoms. The van der Waals surface area contributed by atoms with Crippen molar-refractivity contribution in [3.63, 3.8) is 0 Å². The van der Waals surface area contributed by atoms with Crippen molar-refractivity contribution in [3.8, 4) is 5.69 Å². The van der Waals surface area contributed by atoms with Gasteiger partial charge in [-0.25, -0.2) is 9.67 Å². The summed E-state index contributed by atoms with van der Waals surface area (Å²) in [6.07, 6.45) is 4.48. The van der Waals surface area contributed by atoms with Gasteiger partial charge in [0.25, 0.3) is 0 Å². The lowest BCUT2D eigenvalue weighted by molar-refractivity contribution is -0.385. The van der Waals surface area contributed by atoms with Crippen LogP contribution in [0.15, 0.2) is 65.8 Å². The van der Waals surface area contributed by atoms with E-state index in [2.05, 4.69) is 15.4 Å². The molecule has 0 atom stereocenters. The quantitative estimate of drug-likeness (QED) is 0.429. The van der Waals surface area contributed by atoms with Gasteiger partial charge in [-0.05, 0) is 24.3 Å². The molecule has 0 saturated carbocycles. The van der Waals surface area contributed by atoms with Crippen molar-refractivity contribution in [1.29, 1.82) is 0 Å². The summed E-state index contributed by atoms with van der Waals surface area (Å²) in [5.74, 6) is -0.157. The molecule has 0 aliphatic heterocycles. The van der Waals surface area contributed by atoms with Gasteiger partial charge in [0, 0.05) is 6.20 Å². The highest BCUT2D eigenvalue weighted by Gasteiger charge is 2.24. The third-order valence-corrected chi connectivity index (χ3v) is 4.16. The van der Waals surface area contributed by atoms with Crippen molar-refractivity contribution in [2.45, 2.75) is 0 Å². The molecule has 27 heavy (non-hydrogen) atoms. The van der Waals surface area contributed by atoms with Crippen LogP contribution in [-0.4, -0.2) is 24.1 Å². The van der Waals surface area contributed by atoms with Crippen molar-refractivity contribution in [2.24, 2.45) is 0 Å². The summed E-state index contributed by atoms with van der Waals surface area (Å²) in [5.41, 5.74) is -0.0663. The molecule has 0 bridgehead atoms. The average molecular weight is 383 g/mol. The first kappa shape index (κ1) is 16.7. The lowest BCUT2D eigenvalue weighted by Crippen LogP contribution is -2.20. The summed E-state index contributed by atoms with van der Waals surface area (Å²) in [5, 5.41) is 18.9. The second-order valence-corrected chi connectivity index (χ2v) is 5.96. The highest BCUT2D eigenvalue weighted by atomic mass is 35.5. The number of nitrogens with one attached hydrogen (secondary N) is 1. The van der Waals surface area contributed by atoms with Gasteiger partial charge in [-0.3, -0.25) is 19.3 Å². The number of benzene rings is 1. The first-order valence-electron chi connectivity index (χ1n) is 7.77. The number of fused-ring (bicyclic) bond motifs is 1. The van der Waals surface area contributed by atoms with Gasteiger partial charge in [-0.15, -0.1) is 0 Å². The lowest BCUT2D eigenvalue weighted by atomic mass is 10.3. The van der Waals surface area contributed by atoms with E-state index < -0.39 is 16.2 Å². The van der Waals surface area contributed by atoms with Gasteiger partial charge >= 0.3 is 11.2 Å². The summed E-state index contributed by atoms with van der Waals surface area (Å²) >= 11 is 6.15. The van der Waals surface area contributed by atoms with Crippen LogP contribution in [0.1, 0.15) is 0 Å². The molecule has 3 aromatic heterocycles. The highest BCUT2D eigenvalue weighted by molar-refractivity contribution is 6.32. The fourth-order valence-electron chi connectivity index (χ4n) is 2.62. The van der Waals surface area contributed by atoms with E-state index in [4.69, 9.17) is 11.6 Å². The highest BCUT2D eigenvalue weighted by Crippen LogP contribution is 2.25. The Balaban J connectivity index is 1.78. The maximum atomic E-state index is 12.5. The maximum absolute atomic E-state index is 12.5. The zero-order valence-corrected chi connectivity index (χ0v) is 14.4. The molecular formula is C17H11ClN6O3. The number of hydrogen-bond donors (Lipinski definition) is 1. The van der Waals surface area contributed by atoms with E-state index in [0.29, 0.717) is 16.4 Å². The number of rotatable bonds is 4. The Morgan fingerprint density at radius 2 is 1.93 bits per heavy atom. The van der Waals surface area contributed by atoms with E-state index in [-0.39, 0.29) is 11.5 Å². The molecule has 0 unspecified atom stereocenters. The van der Waals surface area contributed by atoms with E-state index >= 15 is 0 Å². The van der Waals surface area contributed by atoms with Crippen molar-refractivity contribution in [3.05, 3.63) is 86.5 Å². The van der Waals surface area contributed by atoms with Gasteiger partial charge in [0.1, 0.15) is 5.65 Å². The second kappa shape index (κ2) is 6.54. The molecule has 0 fully saturated rings. The predicted octanol–water partition coefficient (Wildman–Crippen LogP) is 3.19. The maximum Gasteiger partial charge on any atom is 0.376 e. The van der Waals surface area contributed by atoms with Crippen LogP contribution in [0, 0.1) is 10.1 Å². The Morgan fingerprint density at radius 1 is 1.15 bits per heavy atom. The minimum Gasteiger partial charge on any atom is -0.332 e. The second-order valence-electron chi connectivity index (χ2n) is 5.55. The minimum atomic E-state index is -0.772. The summed E-state index contributed by atoms with van der Waals surface area (Å²) < 4.78 is 2.64. The molecule has 4 rings (SSSR count). The molecule has 3 heterocycles. The molecule has 134 valence electrons. The van der Waals surface area contributed by atoms with Crippen LogP contribution in [0.2, 0.25) is 5.02 Å². The number of hydrogen-bond acceptors (Lipinski definition) is 6. The number of pyridine rings is 1. The molecule has 10 heteroatoms. The molecule has 0 amide bonds. The van der Waals surface area contributed by atoms with Gasteiger partial charge in [-0.2, -0.15) is 5.10 Å². The number of para-hydroxylation sites is 1. The van der Waals surface area contributed by atoms with Crippen molar-refractivity contribution < 1.29 is 4.92 Å². The Morgan fingerprint density at radius 3 is 2.70 bits per heavy atom. The smallest absolute Gasteiger partial charge is 0.332 e. The largest absolute Gasteiger partial charge is 0.376 e. The van der Waals surface area contributed by atoms with Crippen LogP contribution in [0.4, 0.5) is 17.2 Å². The third kappa shape index (κ3) is 3.00. The van der Waals surface area contributed by atoms with Crippen molar-refractivity contribution in [1.82, 2.24) is 19.2 Å². The number of anilines is 2. The SMILES string of the molecule is O=c1c([N+](=O)[O-])c(Nc2cnn(-c3ccccc3Cl)c2)nc2ccccn12. The Bertz CT molecular complexity index is 1230. The Hall–Kier alpha value is -3.72. The van der Waals surface area contributed by atoms with E-state index in [0.717, 1.165) is 4.40 Å². The van der Waals surface area contributed by atoms with Crippen molar-refractivity contribution >= 4 is 34.4 Å². The van der Waals surface area contributed by atoms with Crippen LogP contribution in [0.25, 0.3) is 11.3 Å². The Labute approximate surface area is 156 Å². The fraction of sp³-hybridized carbons (Fsp3) is 0. The first-order chi connectivity index (χ1) is 13.0. The van der Waals surface area contributed by atoms with Crippen molar-refractivity contribution in [2.75, 3.05) is 5.32 Å². The number of nitro groups is 1. The molecule has 4 aromatic rings. The standard InChI is InChI=1S/C17H11ClN6O3/c18-12-5-1-2-6-13(12)23-10-11(9-19-23)20-16-15(24(26)27)17(25)22-8-4-3-7-14(22)21-16/h1-10,20H. The fourth-order valence-corrected chi connectivity index (χ4v) is 2.85. The normalized spacial score (nSPS) is 10.9. The molecule has 1 aromatic carbocycles. The summed E-state index contributed by atoms with van der Waals surface area (Å²) in [6.45, 7) is 0. The predicted molar refractivity (Wildman–Crippen MR) is 100.0 cm³/mol. The Kier molecular flexibility index (Phi) is 4.05. The summed E-state index contributed by atoms with van der Waals surface area (Å²) in [6, 6.07) is 12.0. The average Bonchev–Trinajstić information content (AvgIpc) is 3.10. The zero-order chi connectivity index (χ0) is 19.0. The van der Waals surface area contributed by atoms with Crippen LogP contribution in [0.5, 0.6) is 0 Å². The molecule has 0 radical (unpaired) electrons. The summed E-state index contributed by atoms with van der Waals surface area (Å²) in [7, 11) is 0. The van der Waals surface area contributed by atoms with E-state index in [1.165, 1.54) is 17.1 Å². The van der Waals surface area contributed by atoms with Crippen LogP contribution >= 0.6 is 11.6 Å². The molecule has 0 aliphatic carbocycles. The first-order valence-corrected chi connectivity index (χ1v) is 8.15. The van der Waals surface area contributed by atoms with E-state index in [9.17, 15) is 14.9 Å². The molecule has 1 N–H and O–H groups in total. The van der Waals surface area contributed by atoms with Crippen LogP contribution < -0.4 is 10.9 Å². The topological polar surface area (TPSA) is 107 Å². The number of halogens is 1.